The lowest BCUT2D eigenvalue weighted by Gasteiger charge is -2.38. The molecule has 14 heteroatoms. The van der Waals surface area contributed by atoms with Gasteiger partial charge in [0.15, 0.2) is 0 Å². The van der Waals surface area contributed by atoms with E-state index in [4.69, 9.17) is 4.74 Å². The molecular weight excluding hydrogens is 523 g/mol. The highest BCUT2D eigenvalue weighted by atomic mass is 32.1. The van der Waals surface area contributed by atoms with Crippen LogP contribution in [0.2, 0.25) is 0 Å². The Morgan fingerprint density at radius 2 is 1.95 bits per heavy atom. The van der Waals surface area contributed by atoms with Gasteiger partial charge >= 0.3 is 12.3 Å². The number of fused-ring (bicyclic) bond motifs is 1. The molecule has 2 unspecified atom stereocenters. The minimum absolute atomic E-state index is 0.0256. The summed E-state index contributed by atoms with van der Waals surface area (Å²) in [5, 5.41) is 8.05. The van der Waals surface area contributed by atoms with Gasteiger partial charge in [-0.15, -0.1) is 11.3 Å². The number of piperidine rings is 2. The Hall–Kier alpha value is -3.42. The molecule has 1 N–H and O–H groups in total. The van der Waals surface area contributed by atoms with Crippen molar-refractivity contribution in [2.75, 3.05) is 31.6 Å². The first kappa shape index (κ1) is 26.2. The van der Waals surface area contributed by atoms with Crippen LogP contribution in [0.3, 0.4) is 0 Å². The van der Waals surface area contributed by atoms with Gasteiger partial charge in [-0.25, -0.2) is 19.4 Å². The zero-order chi connectivity index (χ0) is 27.0. The topological polar surface area (TPSA) is 105 Å². The molecule has 3 aromatic rings. The SMILES string of the molecule is CNC(=O)c1csc2c(C(F)(F)F)cc(N3CCC(OC(=O)N4CCC(n5cncn5)CC4C)CC3)nc12. The number of aromatic nitrogens is 4. The van der Waals surface area contributed by atoms with E-state index in [2.05, 4.69) is 20.4 Å². The normalized spacial score (nSPS) is 21.1. The van der Waals surface area contributed by atoms with E-state index in [1.165, 1.54) is 18.8 Å². The molecule has 0 bridgehead atoms. The highest BCUT2D eigenvalue weighted by Gasteiger charge is 2.37. The lowest BCUT2D eigenvalue weighted by atomic mass is 9.99. The van der Waals surface area contributed by atoms with Crippen molar-refractivity contribution in [3.8, 4) is 0 Å². The second-order valence-corrected chi connectivity index (χ2v) is 10.5. The van der Waals surface area contributed by atoms with Gasteiger partial charge in [-0.1, -0.05) is 0 Å². The molecule has 0 saturated carbocycles. The van der Waals surface area contributed by atoms with Crippen molar-refractivity contribution < 1.29 is 27.5 Å². The van der Waals surface area contributed by atoms with Gasteiger partial charge < -0.3 is 19.9 Å². The van der Waals surface area contributed by atoms with Crippen LogP contribution in [0.4, 0.5) is 23.8 Å². The van der Waals surface area contributed by atoms with Gasteiger partial charge in [-0.2, -0.15) is 18.3 Å². The summed E-state index contributed by atoms with van der Waals surface area (Å²) in [6, 6.07) is 1.19. The van der Waals surface area contributed by atoms with Crippen molar-refractivity contribution in [1.82, 2.24) is 30.0 Å². The molecule has 5 heterocycles. The Morgan fingerprint density at radius 1 is 1.18 bits per heavy atom. The van der Waals surface area contributed by atoms with E-state index in [9.17, 15) is 22.8 Å². The molecule has 2 fully saturated rings. The molecule has 2 aliphatic rings. The number of hydrogen-bond donors (Lipinski definition) is 1. The van der Waals surface area contributed by atoms with Gasteiger partial charge in [0.1, 0.15) is 24.6 Å². The van der Waals surface area contributed by atoms with E-state index >= 15 is 0 Å². The fourth-order valence-corrected chi connectivity index (χ4v) is 6.16. The molecule has 0 aliphatic carbocycles. The number of nitrogens with zero attached hydrogens (tertiary/aromatic N) is 6. The van der Waals surface area contributed by atoms with Crippen molar-refractivity contribution in [3.63, 3.8) is 0 Å². The van der Waals surface area contributed by atoms with Crippen LogP contribution in [-0.2, 0) is 10.9 Å². The molecule has 0 radical (unpaired) electrons. The van der Waals surface area contributed by atoms with Gasteiger partial charge in [-0.3, -0.25) is 4.79 Å². The van der Waals surface area contributed by atoms with E-state index < -0.39 is 17.6 Å². The monoisotopic (exact) mass is 551 g/mol. The summed E-state index contributed by atoms with van der Waals surface area (Å²) in [4.78, 5) is 37.0. The lowest BCUT2D eigenvalue weighted by molar-refractivity contribution is -0.136. The third kappa shape index (κ3) is 5.13. The van der Waals surface area contributed by atoms with E-state index in [1.54, 1.807) is 16.1 Å². The summed E-state index contributed by atoms with van der Waals surface area (Å²) in [6.07, 6.45) is 0.285. The van der Waals surface area contributed by atoms with Crippen molar-refractivity contribution in [3.05, 3.63) is 35.2 Å². The number of likely N-dealkylation sites (tertiary alicyclic amines) is 1. The van der Waals surface area contributed by atoms with Crippen LogP contribution in [-0.4, -0.2) is 75.5 Å². The molecule has 2 aliphatic heterocycles. The van der Waals surface area contributed by atoms with Crippen LogP contribution in [0, 0.1) is 0 Å². The molecule has 2 atom stereocenters. The Bertz CT molecular complexity index is 1310. The highest BCUT2D eigenvalue weighted by molar-refractivity contribution is 7.17. The van der Waals surface area contributed by atoms with Crippen LogP contribution in [0.15, 0.2) is 24.1 Å². The molecule has 38 heavy (non-hydrogen) atoms. The third-order valence-electron chi connectivity index (χ3n) is 7.21. The number of rotatable bonds is 4. The number of halogens is 3. The number of amides is 2. The first-order valence-electron chi connectivity index (χ1n) is 12.4. The van der Waals surface area contributed by atoms with Crippen LogP contribution in [0.1, 0.15) is 54.6 Å². The van der Waals surface area contributed by atoms with Crippen molar-refractivity contribution in [2.45, 2.75) is 57.0 Å². The van der Waals surface area contributed by atoms with E-state index in [0.717, 1.165) is 30.2 Å². The summed E-state index contributed by atoms with van der Waals surface area (Å²) in [7, 11) is 1.42. The largest absolute Gasteiger partial charge is 0.446 e. The van der Waals surface area contributed by atoms with E-state index in [-0.39, 0.29) is 45.9 Å². The van der Waals surface area contributed by atoms with E-state index in [0.29, 0.717) is 32.5 Å². The third-order valence-corrected chi connectivity index (χ3v) is 8.22. The number of ether oxygens (including phenoxy) is 1. The predicted octanol–water partition coefficient (Wildman–Crippen LogP) is 4.10. The molecule has 10 nitrogen and oxygen atoms in total. The summed E-state index contributed by atoms with van der Waals surface area (Å²) in [6.45, 7) is 3.26. The molecule has 0 spiro atoms. The second-order valence-electron chi connectivity index (χ2n) is 9.60. The van der Waals surface area contributed by atoms with Gasteiger partial charge in [0.25, 0.3) is 5.91 Å². The molecule has 204 valence electrons. The van der Waals surface area contributed by atoms with Gasteiger partial charge in [0, 0.05) is 50.9 Å². The molecule has 2 amide bonds. The first-order chi connectivity index (χ1) is 18.2. The number of anilines is 1. The van der Waals surface area contributed by atoms with Gasteiger partial charge in [0.2, 0.25) is 0 Å². The number of carbonyl (C=O) groups excluding carboxylic acids is 2. The van der Waals surface area contributed by atoms with Crippen molar-refractivity contribution in [2.24, 2.45) is 0 Å². The Labute approximate surface area is 220 Å². The quantitative estimate of drug-likeness (QED) is 0.521. The average molecular weight is 552 g/mol. The lowest BCUT2D eigenvalue weighted by Crippen LogP contribution is -2.47. The minimum Gasteiger partial charge on any atom is -0.446 e. The molecule has 3 aromatic heterocycles. The van der Waals surface area contributed by atoms with Crippen LogP contribution >= 0.6 is 11.3 Å². The number of pyridine rings is 1. The average Bonchev–Trinajstić information content (AvgIpc) is 3.58. The number of thiophene rings is 1. The van der Waals surface area contributed by atoms with Crippen molar-refractivity contribution in [1.29, 1.82) is 0 Å². The summed E-state index contributed by atoms with van der Waals surface area (Å²) < 4.78 is 49.1. The number of carbonyl (C=O) groups is 2. The fourth-order valence-electron chi connectivity index (χ4n) is 5.14. The van der Waals surface area contributed by atoms with Crippen LogP contribution < -0.4 is 10.2 Å². The maximum absolute atomic E-state index is 13.9. The minimum atomic E-state index is -4.59. The van der Waals surface area contributed by atoms with Crippen LogP contribution in [0.5, 0.6) is 0 Å². The number of alkyl halides is 3. The zero-order valence-corrected chi connectivity index (χ0v) is 21.8. The Balaban J connectivity index is 1.24. The molecule has 5 rings (SSSR count). The standard InChI is InChI=1S/C24H28F3N7O3S/c1-14-9-15(34-13-29-12-30-34)3-8-33(14)23(36)37-16-4-6-32(7-5-16)19-10-18(24(25,26)27)21-20(31-19)17(11-38-21)22(35)28-2/h10-16H,3-9H2,1-2H3,(H,28,35). The molecule has 0 aromatic carbocycles. The second kappa shape index (κ2) is 10.4. The Morgan fingerprint density at radius 3 is 2.58 bits per heavy atom. The fraction of sp³-hybridized carbons (Fsp3) is 0.542. The van der Waals surface area contributed by atoms with Gasteiger partial charge in [-0.05, 0) is 25.8 Å². The van der Waals surface area contributed by atoms with E-state index in [1.807, 2.05) is 11.6 Å². The summed E-state index contributed by atoms with van der Waals surface area (Å²) >= 11 is 0.855. The maximum atomic E-state index is 13.9. The zero-order valence-electron chi connectivity index (χ0n) is 20.9. The Kier molecular flexibility index (Phi) is 7.16. The summed E-state index contributed by atoms with van der Waals surface area (Å²) in [5.41, 5.74) is -0.657. The maximum Gasteiger partial charge on any atom is 0.417 e. The van der Waals surface area contributed by atoms with Crippen molar-refractivity contribution >= 4 is 39.4 Å². The van der Waals surface area contributed by atoms with Gasteiger partial charge in [0.05, 0.1) is 27.4 Å². The number of hydrogen-bond acceptors (Lipinski definition) is 8. The predicted molar refractivity (Wildman–Crippen MR) is 134 cm³/mol. The molecule has 2 saturated heterocycles. The first-order valence-corrected chi connectivity index (χ1v) is 13.3. The number of nitrogens with one attached hydrogen (secondary N) is 1. The highest BCUT2D eigenvalue weighted by Crippen LogP contribution is 2.40. The summed E-state index contributed by atoms with van der Waals surface area (Å²) in [5.74, 6) is -0.332. The van der Waals surface area contributed by atoms with Crippen LogP contribution in [0.25, 0.3) is 10.2 Å². The molecular formula is C24H28F3N7O3S. The smallest absolute Gasteiger partial charge is 0.417 e.